The lowest BCUT2D eigenvalue weighted by atomic mass is 9.97. The first kappa shape index (κ1) is 15.6. The highest BCUT2D eigenvalue weighted by molar-refractivity contribution is 6.31. The van der Waals surface area contributed by atoms with E-state index in [4.69, 9.17) is 11.6 Å². The van der Waals surface area contributed by atoms with Crippen molar-refractivity contribution in [2.24, 2.45) is 5.92 Å². The number of carboxylic acid groups (broad SMARTS) is 1. The number of likely N-dealkylation sites (tertiary alicyclic amines) is 1. The van der Waals surface area contributed by atoms with Crippen molar-refractivity contribution in [1.82, 2.24) is 4.90 Å². The van der Waals surface area contributed by atoms with E-state index in [2.05, 4.69) is 15.9 Å². The van der Waals surface area contributed by atoms with Gasteiger partial charge in [0.25, 0.3) is 0 Å². The third-order valence-corrected chi connectivity index (χ3v) is 5.13. The lowest BCUT2D eigenvalue weighted by Gasteiger charge is -2.32. The standard InChI is InChI=1S/C17H23ClN2O2/c18-15-6-3-7-16(20-9-1-2-10-20)14(15)12-19-8-4-5-13(11-19)17(21)22/h3,6-7,13H,1-2,4-5,8-12H2,(H,21,22). The highest BCUT2D eigenvalue weighted by Gasteiger charge is 2.27. The van der Waals surface area contributed by atoms with Crippen molar-refractivity contribution in [2.45, 2.75) is 32.2 Å². The number of hydrogen-bond donors (Lipinski definition) is 1. The van der Waals surface area contributed by atoms with Gasteiger partial charge in [0.15, 0.2) is 0 Å². The summed E-state index contributed by atoms with van der Waals surface area (Å²) >= 11 is 6.46. The van der Waals surface area contributed by atoms with Gasteiger partial charge in [0.2, 0.25) is 0 Å². The van der Waals surface area contributed by atoms with E-state index >= 15 is 0 Å². The van der Waals surface area contributed by atoms with Crippen LogP contribution < -0.4 is 4.90 Å². The SMILES string of the molecule is O=C(O)C1CCCN(Cc2c(Cl)cccc2N2CCCC2)C1. The van der Waals surface area contributed by atoms with E-state index in [9.17, 15) is 9.90 Å². The van der Waals surface area contributed by atoms with E-state index in [1.807, 2.05) is 12.1 Å². The van der Waals surface area contributed by atoms with E-state index in [0.717, 1.165) is 49.6 Å². The average molecular weight is 323 g/mol. The van der Waals surface area contributed by atoms with Gasteiger partial charge in [0, 0.05) is 42.5 Å². The van der Waals surface area contributed by atoms with E-state index in [-0.39, 0.29) is 5.92 Å². The number of benzene rings is 1. The summed E-state index contributed by atoms with van der Waals surface area (Å²) < 4.78 is 0. The first-order valence-electron chi connectivity index (χ1n) is 8.12. The molecule has 2 heterocycles. The topological polar surface area (TPSA) is 43.8 Å². The summed E-state index contributed by atoms with van der Waals surface area (Å²) in [5.74, 6) is -0.921. The lowest BCUT2D eigenvalue weighted by Crippen LogP contribution is -2.38. The van der Waals surface area contributed by atoms with E-state index in [0.29, 0.717) is 6.54 Å². The number of hydrogen-bond acceptors (Lipinski definition) is 3. The average Bonchev–Trinajstić information content (AvgIpc) is 3.04. The lowest BCUT2D eigenvalue weighted by molar-refractivity contribution is -0.143. The Kier molecular flexibility index (Phi) is 4.89. The van der Waals surface area contributed by atoms with Crippen LogP contribution in [0.3, 0.4) is 0 Å². The zero-order chi connectivity index (χ0) is 15.5. The first-order chi connectivity index (χ1) is 10.6. The quantitative estimate of drug-likeness (QED) is 0.924. The Bertz CT molecular complexity index is 543. The fraction of sp³-hybridized carbons (Fsp3) is 0.588. The second-order valence-corrected chi connectivity index (χ2v) is 6.75. The Balaban J connectivity index is 1.77. The zero-order valence-corrected chi connectivity index (χ0v) is 13.6. The minimum Gasteiger partial charge on any atom is -0.481 e. The molecule has 1 aromatic carbocycles. The van der Waals surface area contributed by atoms with Crippen LogP contribution in [-0.4, -0.2) is 42.2 Å². The van der Waals surface area contributed by atoms with Crippen LogP contribution in [0.5, 0.6) is 0 Å². The summed E-state index contributed by atoms with van der Waals surface area (Å²) in [5, 5.41) is 10.0. The molecule has 4 nitrogen and oxygen atoms in total. The third kappa shape index (κ3) is 3.39. The molecule has 0 amide bonds. The molecule has 0 radical (unpaired) electrons. The summed E-state index contributed by atoms with van der Waals surface area (Å²) in [7, 11) is 0. The zero-order valence-electron chi connectivity index (χ0n) is 12.8. The van der Waals surface area contributed by atoms with Gasteiger partial charge >= 0.3 is 5.97 Å². The van der Waals surface area contributed by atoms with Gasteiger partial charge in [-0.2, -0.15) is 0 Å². The van der Waals surface area contributed by atoms with Crippen molar-refractivity contribution in [3.63, 3.8) is 0 Å². The van der Waals surface area contributed by atoms with Gasteiger partial charge in [-0.3, -0.25) is 9.69 Å². The van der Waals surface area contributed by atoms with Gasteiger partial charge in [-0.1, -0.05) is 17.7 Å². The number of anilines is 1. The summed E-state index contributed by atoms with van der Waals surface area (Å²) in [6.07, 6.45) is 4.20. The number of piperidine rings is 1. The Hall–Kier alpha value is -1.26. The second kappa shape index (κ2) is 6.88. The smallest absolute Gasteiger partial charge is 0.307 e. The van der Waals surface area contributed by atoms with Crippen molar-refractivity contribution < 1.29 is 9.90 Å². The molecular weight excluding hydrogens is 300 g/mol. The molecule has 2 saturated heterocycles. The largest absolute Gasteiger partial charge is 0.481 e. The predicted molar refractivity (Wildman–Crippen MR) is 88.5 cm³/mol. The van der Waals surface area contributed by atoms with Crippen molar-refractivity contribution in [3.05, 3.63) is 28.8 Å². The molecule has 1 aromatic rings. The van der Waals surface area contributed by atoms with Crippen molar-refractivity contribution in [3.8, 4) is 0 Å². The molecule has 1 atom stereocenters. The van der Waals surface area contributed by atoms with Crippen molar-refractivity contribution >= 4 is 23.3 Å². The maximum atomic E-state index is 11.2. The predicted octanol–water partition coefficient (Wildman–Crippen LogP) is 3.24. The van der Waals surface area contributed by atoms with Crippen LogP contribution >= 0.6 is 11.6 Å². The van der Waals surface area contributed by atoms with Gasteiger partial charge in [-0.25, -0.2) is 0 Å². The molecule has 2 aliphatic rings. The minimum atomic E-state index is -0.677. The Labute approximate surface area is 136 Å². The molecule has 0 spiro atoms. The van der Waals surface area contributed by atoms with Gasteiger partial charge in [-0.05, 0) is 44.4 Å². The van der Waals surface area contributed by atoms with E-state index < -0.39 is 5.97 Å². The Morgan fingerprint density at radius 1 is 1.23 bits per heavy atom. The molecule has 0 saturated carbocycles. The van der Waals surface area contributed by atoms with Gasteiger partial charge in [0.1, 0.15) is 0 Å². The number of rotatable bonds is 4. The maximum Gasteiger partial charge on any atom is 0.307 e. The maximum absolute atomic E-state index is 11.2. The molecule has 0 aromatic heterocycles. The molecule has 22 heavy (non-hydrogen) atoms. The Morgan fingerprint density at radius 2 is 2.00 bits per heavy atom. The monoisotopic (exact) mass is 322 g/mol. The number of carboxylic acids is 1. The van der Waals surface area contributed by atoms with Crippen molar-refractivity contribution in [1.29, 1.82) is 0 Å². The normalized spacial score (nSPS) is 23.0. The second-order valence-electron chi connectivity index (χ2n) is 6.34. The van der Waals surface area contributed by atoms with E-state index in [1.54, 1.807) is 0 Å². The van der Waals surface area contributed by atoms with Crippen LogP contribution in [0, 0.1) is 5.92 Å². The molecule has 2 aliphatic heterocycles. The van der Waals surface area contributed by atoms with Crippen LogP contribution in [0.25, 0.3) is 0 Å². The molecule has 1 N–H and O–H groups in total. The molecule has 5 heteroatoms. The van der Waals surface area contributed by atoms with Crippen LogP contribution in [0.2, 0.25) is 5.02 Å². The molecule has 2 fully saturated rings. The summed E-state index contributed by atoms with van der Waals surface area (Å²) in [6, 6.07) is 6.09. The number of nitrogens with zero attached hydrogens (tertiary/aromatic N) is 2. The van der Waals surface area contributed by atoms with Crippen LogP contribution in [0.4, 0.5) is 5.69 Å². The third-order valence-electron chi connectivity index (χ3n) is 4.78. The molecular formula is C17H23ClN2O2. The number of carbonyl (C=O) groups is 1. The highest BCUT2D eigenvalue weighted by atomic mass is 35.5. The van der Waals surface area contributed by atoms with E-state index in [1.165, 1.54) is 18.5 Å². The van der Waals surface area contributed by atoms with Crippen LogP contribution in [-0.2, 0) is 11.3 Å². The minimum absolute atomic E-state index is 0.244. The summed E-state index contributed by atoms with van der Waals surface area (Å²) in [4.78, 5) is 15.9. The Morgan fingerprint density at radius 3 is 2.73 bits per heavy atom. The first-order valence-corrected chi connectivity index (χ1v) is 8.50. The molecule has 3 rings (SSSR count). The van der Waals surface area contributed by atoms with Gasteiger partial charge < -0.3 is 10.0 Å². The molecule has 1 unspecified atom stereocenters. The fourth-order valence-electron chi connectivity index (χ4n) is 3.58. The summed E-state index contributed by atoms with van der Waals surface area (Å²) in [6.45, 7) is 4.50. The molecule has 0 bridgehead atoms. The summed E-state index contributed by atoms with van der Waals surface area (Å²) in [5.41, 5.74) is 2.37. The number of aliphatic carboxylic acids is 1. The number of halogens is 1. The van der Waals surface area contributed by atoms with Gasteiger partial charge in [-0.15, -0.1) is 0 Å². The highest BCUT2D eigenvalue weighted by Crippen LogP contribution is 2.32. The van der Waals surface area contributed by atoms with Crippen LogP contribution in [0.15, 0.2) is 18.2 Å². The molecule has 120 valence electrons. The fourth-order valence-corrected chi connectivity index (χ4v) is 3.81. The van der Waals surface area contributed by atoms with Gasteiger partial charge in [0.05, 0.1) is 5.92 Å². The van der Waals surface area contributed by atoms with Crippen molar-refractivity contribution in [2.75, 3.05) is 31.1 Å². The van der Waals surface area contributed by atoms with Crippen LogP contribution in [0.1, 0.15) is 31.2 Å². The molecule has 0 aliphatic carbocycles.